The highest BCUT2D eigenvalue weighted by Crippen LogP contribution is 2.08. The van der Waals surface area contributed by atoms with E-state index in [-0.39, 0.29) is 11.6 Å². The maximum Gasteiger partial charge on any atom is 0.411 e. The molecule has 2 N–H and O–H groups in total. The van der Waals surface area contributed by atoms with Gasteiger partial charge in [0.25, 0.3) is 0 Å². The molecular weight excluding hydrogens is 224 g/mol. The Morgan fingerprint density at radius 3 is 2.82 bits per heavy atom. The summed E-state index contributed by atoms with van der Waals surface area (Å²) in [6, 6.07) is 2.75. The summed E-state index contributed by atoms with van der Waals surface area (Å²) in [5, 5.41) is 11.1. The molecule has 0 fully saturated rings. The predicted octanol–water partition coefficient (Wildman–Crippen LogP) is 1.98. The average molecular weight is 238 g/mol. The SMILES string of the molecule is CC(C)COC(=O)Nc1ccnc(C(=O)O)c1. The maximum atomic E-state index is 11.3. The van der Waals surface area contributed by atoms with Gasteiger partial charge in [0.15, 0.2) is 0 Å². The molecule has 1 aromatic heterocycles. The first-order valence-electron chi connectivity index (χ1n) is 5.12. The number of anilines is 1. The van der Waals surface area contributed by atoms with Crippen LogP contribution in [0.3, 0.4) is 0 Å². The van der Waals surface area contributed by atoms with Gasteiger partial charge in [0.2, 0.25) is 0 Å². The van der Waals surface area contributed by atoms with Crippen molar-refractivity contribution in [3.8, 4) is 0 Å². The van der Waals surface area contributed by atoms with Crippen LogP contribution in [0.15, 0.2) is 18.3 Å². The van der Waals surface area contributed by atoms with Crippen LogP contribution < -0.4 is 5.32 Å². The number of nitrogens with zero attached hydrogens (tertiary/aromatic N) is 1. The molecule has 6 nitrogen and oxygen atoms in total. The van der Waals surface area contributed by atoms with Gasteiger partial charge in [-0.05, 0) is 18.1 Å². The minimum atomic E-state index is -1.15. The number of aromatic nitrogens is 1. The molecule has 0 aliphatic heterocycles. The molecule has 1 heterocycles. The first kappa shape index (κ1) is 13.0. The average Bonchev–Trinajstić information content (AvgIpc) is 2.26. The highest BCUT2D eigenvalue weighted by molar-refractivity contribution is 5.89. The number of nitrogens with one attached hydrogen (secondary N) is 1. The van der Waals surface area contributed by atoms with E-state index in [9.17, 15) is 9.59 Å². The molecule has 0 aliphatic rings. The van der Waals surface area contributed by atoms with Crippen LogP contribution in [0.25, 0.3) is 0 Å². The summed E-state index contributed by atoms with van der Waals surface area (Å²) in [5.41, 5.74) is 0.206. The van der Waals surface area contributed by atoms with Crippen LogP contribution in [0.1, 0.15) is 24.3 Å². The first-order valence-corrected chi connectivity index (χ1v) is 5.12. The smallest absolute Gasteiger partial charge is 0.411 e. The molecule has 1 amide bonds. The fourth-order valence-electron chi connectivity index (χ4n) is 1.02. The summed E-state index contributed by atoms with van der Waals surface area (Å²) in [6.07, 6.45) is 0.697. The lowest BCUT2D eigenvalue weighted by Gasteiger charge is -2.08. The zero-order valence-corrected chi connectivity index (χ0v) is 9.64. The van der Waals surface area contributed by atoms with Crippen molar-refractivity contribution in [2.24, 2.45) is 5.92 Å². The van der Waals surface area contributed by atoms with Gasteiger partial charge in [-0.1, -0.05) is 13.8 Å². The summed E-state index contributed by atoms with van der Waals surface area (Å²) < 4.78 is 4.89. The standard InChI is InChI=1S/C11H14N2O4/c1-7(2)6-17-11(16)13-8-3-4-12-9(5-8)10(14)15/h3-5,7H,6H2,1-2H3,(H,14,15)(H,12,13,16). The van der Waals surface area contributed by atoms with Crippen LogP contribution in [0.2, 0.25) is 0 Å². The van der Waals surface area contributed by atoms with Gasteiger partial charge in [0.05, 0.1) is 6.61 Å². The first-order chi connectivity index (χ1) is 7.99. The molecule has 17 heavy (non-hydrogen) atoms. The third kappa shape index (κ3) is 4.50. The van der Waals surface area contributed by atoms with E-state index in [1.54, 1.807) is 0 Å². The van der Waals surface area contributed by atoms with Crippen LogP contribution in [0.4, 0.5) is 10.5 Å². The Balaban J connectivity index is 2.59. The van der Waals surface area contributed by atoms with Gasteiger partial charge >= 0.3 is 12.1 Å². The quantitative estimate of drug-likeness (QED) is 0.837. The molecule has 0 saturated heterocycles. The number of amides is 1. The highest BCUT2D eigenvalue weighted by Gasteiger charge is 2.08. The number of carbonyl (C=O) groups excluding carboxylic acids is 1. The number of hydrogen-bond acceptors (Lipinski definition) is 4. The molecule has 0 spiro atoms. The minimum absolute atomic E-state index is 0.133. The summed E-state index contributed by atoms with van der Waals surface area (Å²) >= 11 is 0. The normalized spacial score (nSPS) is 10.1. The second kappa shape index (κ2) is 5.83. The Morgan fingerprint density at radius 1 is 1.53 bits per heavy atom. The number of carbonyl (C=O) groups is 2. The van der Waals surface area contributed by atoms with E-state index in [1.165, 1.54) is 18.3 Å². The van der Waals surface area contributed by atoms with Crippen molar-refractivity contribution in [2.45, 2.75) is 13.8 Å². The minimum Gasteiger partial charge on any atom is -0.477 e. The Hall–Kier alpha value is -2.11. The van der Waals surface area contributed by atoms with E-state index < -0.39 is 12.1 Å². The summed E-state index contributed by atoms with van der Waals surface area (Å²) in [4.78, 5) is 25.6. The molecule has 0 aliphatic carbocycles. The Kier molecular flexibility index (Phi) is 4.45. The predicted molar refractivity (Wildman–Crippen MR) is 61.0 cm³/mol. The third-order valence-corrected chi connectivity index (χ3v) is 1.77. The van der Waals surface area contributed by atoms with Gasteiger partial charge in [-0.25, -0.2) is 14.6 Å². The molecule has 6 heteroatoms. The van der Waals surface area contributed by atoms with Crippen molar-refractivity contribution >= 4 is 17.7 Å². The highest BCUT2D eigenvalue weighted by atomic mass is 16.5. The Labute approximate surface area is 98.6 Å². The van der Waals surface area contributed by atoms with Crippen LogP contribution >= 0.6 is 0 Å². The number of rotatable bonds is 4. The number of pyridine rings is 1. The van der Waals surface area contributed by atoms with Crippen molar-refractivity contribution in [1.29, 1.82) is 0 Å². The van der Waals surface area contributed by atoms with Gasteiger partial charge in [-0.3, -0.25) is 5.32 Å². The second-order valence-corrected chi connectivity index (χ2v) is 3.85. The number of hydrogen-bond donors (Lipinski definition) is 2. The van der Waals surface area contributed by atoms with Gasteiger partial charge < -0.3 is 9.84 Å². The number of carboxylic acid groups (broad SMARTS) is 1. The molecular formula is C11H14N2O4. The van der Waals surface area contributed by atoms with E-state index in [0.717, 1.165) is 0 Å². The summed E-state index contributed by atoms with van der Waals surface area (Å²) in [5.74, 6) is -0.906. The Morgan fingerprint density at radius 2 is 2.24 bits per heavy atom. The van der Waals surface area contributed by atoms with Crippen LogP contribution in [-0.4, -0.2) is 28.8 Å². The van der Waals surface area contributed by atoms with Crippen LogP contribution in [0, 0.1) is 5.92 Å². The lowest BCUT2D eigenvalue weighted by atomic mass is 10.2. The van der Waals surface area contributed by atoms with E-state index in [4.69, 9.17) is 9.84 Å². The Bertz CT molecular complexity index is 418. The lowest BCUT2D eigenvalue weighted by Crippen LogP contribution is -2.17. The number of carboxylic acids is 1. The second-order valence-electron chi connectivity index (χ2n) is 3.85. The summed E-state index contributed by atoms with van der Waals surface area (Å²) in [6.45, 7) is 4.15. The van der Waals surface area contributed by atoms with Crippen molar-refractivity contribution in [1.82, 2.24) is 4.98 Å². The van der Waals surface area contributed by atoms with E-state index >= 15 is 0 Å². The van der Waals surface area contributed by atoms with Gasteiger partial charge in [-0.15, -0.1) is 0 Å². The van der Waals surface area contributed by atoms with Crippen molar-refractivity contribution in [2.75, 3.05) is 11.9 Å². The summed E-state index contributed by atoms with van der Waals surface area (Å²) in [7, 11) is 0. The molecule has 0 bridgehead atoms. The molecule has 0 aromatic carbocycles. The fraction of sp³-hybridized carbons (Fsp3) is 0.364. The fourth-order valence-corrected chi connectivity index (χ4v) is 1.02. The van der Waals surface area contributed by atoms with Crippen molar-refractivity contribution in [3.63, 3.8) is 0 Å². The maximum absolute atomic E-state index is 11.3. The third-order valence-electron chi connectivity index (χ3n) is 1.77. The van der Waals surface area contributed by atoms with Gasteiger partial charge in [-0.2, -0.15) is 0 Å². The largest absolute Gasteiger partial charge is 0.477 e. The molecule has 0 radical (unpaired) electrons. The number of ether oxygens (including phenoxy) is 1. The molecule has 0 saturated carbocycles. The van der Waals surface area contributed by atoms with Crippen LogP contribution in [-0.2, 0) is 4.74 Å². The van der Waals surface area contributed by atoms with Crippen molar-refractivity contribution < 1.29 is 19.4 Å². The number of aromatic carboxylic acids is 1. The van der Waals surface area contributed by atoms with E-state index in [0.29, 0.717) is 12.3 Å². The van der Waals surface area contributed by atoms with Crippen LogP contribution in [0.5, 0.6) is 0 Å². The zero-order chi connectivity index (χ0) is 12.8. The topological polar surface area (TPSA) is 88.5 Å². The molecule has 0 atom stereocenters. The molecule has 1 aromatic rings. The lowest BCUT2D eigenvalue weighted by molar-refractivity contribution is 0.0690. The molecule has 1 rings (SSSR count). The van der Waals surface area contributed by atoms with Gasteiger partial charge in [0.1, 0.15) is 5.69 Å². The molecule has 0 unspecified atom stereocenters. The molecule has 92 valence electrons. The van der Waals surface area contributed by atoms with Gasteiger partial charge in [0, 0.05) is 11.9 Å². The monoisotopic (exact) mass is 238 g/mol. The zero-order valence-electron chi connectivity index (χ0n) is 9.64. The van der Waals surface area contributed by atoms with E-state index in [2.05, 4.69) is 10.3 Å². The van der Waals surface area contributed by atoms with E-state index in [1.807, 2.05) is 13.8 Å². The van der Waals surface area contributed by atoms with Crippen molar-refractivity contribution in [3.05, 3.63) is 24.0 Å².